The van der Waals surface area contributed by atoms with Crippen LogP contribution in [0.1, 0.15) is 145 Å². The molecule has 2 heterocycles. The summed E-state index contributed by atoms with van der Waals surface area (Å²) in [6.07, 6.45) is 11.7. The van der Waals surface area contributed by atoms with Crippen molar-refractivity contribution in [2.75, 3.05) is 0 Å². The van der Waals surface area contributed by atoms with E-state index >= 15 is 0 Å². The Labute approximate surface area is 227 Å². The molecule has 0 aromatic rings. The van der Waals surface area contributed by atoms with Gasteiger partial charge in [-0.05, 0) is 104 Å². The zero-order chi connectivity index (χ0) is 28.1. The third-order valence-corrected chi connectivity index (χ3v) is 10.3. The Morgan fingerprint density at radius 1 is 0.703 bits per heavy atom. The van der Waals surface area contributed by atoms with Gasteiger partial charge in [0.05, 0.1) is 5.41 Å². The van der Waals surface area contributed by atoms with E-state index in [0.717, 1.165) is 70.6 Å². The summed E-state index contributed by atoms with van der Waals surface area (Å²) in [5.74, 6) is -1.15. The Bertz CT molecular complexity index is 725. The molecular weight excluding hydrogens is 464 g/mol. The highest BCUT2D eigenvalue weighted by Crippen LogP contribution is 2.56. The van der Waals surface area contributed by atoms with Crippen LogP contribution in [0.15, 0.2) is 0 Å². The van der Waals surface area contributed by atoms with Gasteiger partial charge in [-0.1, -0.05) is 47.0 Å². The number of carboxylic acids is 2. The number of unbranched alkanes of at least 4 members (excludes halogenated alkanes) is 3. The average Bonchev–Trinajstić information content (AvgIpc) is 2.81. The molecule has 216 valence electrons. The Morgan fingerprint density at radius 3 is 1.46 bits per heavy atom. The van der Waals surface area contributed by atoms with Crippen LogP contribution in [0, 0.1) is 17.3 Å². The summed E-state index contributed by atoms with van der Waals surface area (Å²) in [6.45, 7) is 18.0. The topological polar surface area (TPSA) is 98.7 Å². The van der Waals surface area contributed by atoms with E-state index in [2.05, 4.69) is 66.0 Å². The van der Waals surface area contributed by atoms with Crippen molar-refractivity contribution in [1.29, 1.82) is 0 Å². The van der Waals surface area contributed by atoms with Crippen LogP contribution in [0.4, 0.5) is 0 Å². The predicted molar refractivity (Wildman–Crippen MR) is 152 cm³/mol. The van der Waals surface area contributed by atoms with E-state index < -0.39 is 17.4 Å². The average molecular weight is 523 g/mol. The van der Waals surface area contributed by atoms with E-state index in [1.165, 1.54) is 0 Å². The smallest absolute Gasteiger partial charge is 0.310 e. The van der Waals surface area contributed by atoms with E-state index in [1.54, 1.807) is 0 Å². The van der Waals surface area contributed by atoms with Crippen molar-refractivity contribution in [3.8, 4) is 0 Å². The highest BCUT2D eigenvalue weighted by Gasteiger charge is 2.59. The first kappa shape index (κ1) is 32.1. The lowest BCUT2D eigenvalue weighted by Gasteiger charge is -2.59. The van der Waals surface area contributed by atoms with Crippen molar-refractivity contribution in [3.63, 3.8) is 0 Å². The van der Waals surface area contributed by atoms with E-state index in [-0.39, 0.29) is 40.4 Å². The van der Waals surface area contributed by atoms with E-state index in [0.29, 0.717) is 12.8 Å². The molecule has 0 aliphatic carbocycles. The molecule has 2 saturated heterocycles. The minimum Gasteiger partial charge on any atom is -0.481 e. The maximum absolute atomic E-state index is 13.7. The summed E-state index contributed by atoms with van der Waals surface area (Å²) in [5, 5.41) is 28.1. The molecule has 4 N–H and O–H groups in total. The third-order valence-electron chi connectivity index (χ3n) is 10.3. The summed E-state index contributed by atoms with van der Waals surface area (Å²) >= 11 is 0. The number of hydrogen-bond acceptors (Lipinski definition) is 4. The lowest BCUT2D eigenvalue weighted by Crippen LogP contribution is -2.67. The molecular formula is C31H58N2O4. The van der Waals surface area contributed by atoms with Gasteiger partial charge in [-0.3, -0.25) is 9.59 Å². The predicted octanol–water partition coefficient (Wildman–Crippen LogP) is 7.16. The quantitative estimate of drug-likeness (QED) is 0.181. The van der Waals surface area contributed by atoms with Gasteiger partial charge in [0.2, 0.25) is 0 Å². The van der Waals surface area contributed by atoms with Crippen LogP contribution in [-0.2, 0) is 9.59 Å². The summed E-state index contributed by atoms with van der Waals surface area (Å²) < 4.78 is 0. The molecule has 2 unspecified atom stereocenters. The monoisotopic (exact) mass is 522 g/mol. The summed E-state index contributed by atoms with van der Waals surface area (Å²) in [4.78, 5) is 24.7. The number of nitrogens with one attached hydrogen (secondary N) is 2. The van der Waals surface area contributed by atoms with Gasteiger partial charge in [-0.15, -0.1) is 0 Å². The largest absolute Gasteiger partial charge is 0.481 e. The van der Waals surface area contributed by atoms with E-state index in [9.17, 15) is 14.7 Å². The number of carboxylic acid groups (broad SMARTS) is 2. The summed E-state index contributed by atoms with van der Waals surface area (Å²) in [5.41, 5.74) is -1.09. The molecule has 2 rings (SSSR count). The molecule has 6 heteroatoms. The normalized spacial score (nSPS) is 27.8. The van der Waals surface area contributed by atoms with E-state index in [1.807, 2.05) is 0 Å². The van der Waals surface area contributed by atoms with Crippen molar-refractivity contribution in [2.45, 2.75) is 167 Å². The second-order valence-corrected chi connectivity index (χ2v) is 13.9. The zero-order valence-corrected chi connectivity index (χ0v) is 25.3. The van der Waals surface area contributed by atoms with Crippen LogP contribution < -0.4 is 10.6 Å². The minimum atomic E-state index is -0.781. The number of piperidine rings is 2. The van der Waals surface area contributed by atoms with Crippen LogP contribution in [0.2, 0.25) is 0 Å². The molecule has 0 bridgehead atoms. The number of aliphatic carboxylic acids is 2. The Hall–Kier alpha value is -1.14. The van der Waals surface area contributed by atoms with Crippen LogP contribution in [0.5, 0.6) is 0 Å². The fraction of sp³-hybridized carbons (Fsp3) is 0.935. The van der Waals surface area contributed by atoms with Crippen LogP contribution in [0.25, 0.3) is 0 Å². The first-order valence-electron chi connectivity index (χ1n) is 15.2. The standard InChI is InChI=1S/C31H58N2O4/c1-9-29(10-2)21-23(19-27(5,6)32-29)31(26(36)37,18-16-14-13-15-17-25(34)35)24-20-28(7,8)33-30(11-3,12-4)22-24/h23-24,32-33H,9-22H2,1-8H3,(H,34,35)(H,36,37). The maximum Gasteiger partial charge on any atom is 0.310 e. The summed E-state index contributed by atoms with van der Waals surface area (Å²) in [7, 11) is 0. The fourth-order valence-electron chi connectivity index (χ4n) is 8.36. The number of carbonyl (C=O) groups is 2. The fourth-order valence-corrected chi connectivity index (χ4v) is 8.36. The molecule has 2 aliphatic rings. The van der Waals surface area contributed by atoms with Crippen molar-refractivity contribution < 1.29 is 19.8 Å². The van der Waals surface area contributed by atoms with Crippen molar-refractivity contribution in [1.82, 2.24) is 10.6 Å². The first-order valence-corrected chi connectivity index (χ1v) is 15.2. The lowest BCUT2D eigenvalue weighted by atomic mass is 9.51. The highest BCUT2D eigenvalue weighted by molar-refractivity contribution is 5.76. The molecule has 0 saturated carbocycles. The number of hydrogen-bond donors (Lipinski definition) is 4. The van der Waals surface area contributed by atoms with Gasteiger partial charge in [-0.25, -0.2) is 0 Å². The molecule has 0 aromatic heterocycles. The van der Waals surface area contributed by atoms with Gasteiger partial charge in [0.1, 0.15) is 0 Å². The maximum atomic E-state index is 13.7. The van der Waals surface area contributed by atoms with Gasteiger partial charge >= 0.3 is 11.9 Å². The third kappa shape index (κ3) is 7.50. The molecule has 0 aromatic carbocycles. The second kappa shape index (κ2) is 12.4. The van der Waals surface area contributed by atoms with Gasteiger partial charge in [0.25, 0.3) is 0 Å². The molecule has 0 spiro atoms. The van der Waals surface area contributed by atoms with Crippen molar-refractivity contribution >= 4 is 11.9 Å². The van der Waals surface area contributed by atoms with Gasteiger partial charge < -0.3 is 20.8 Å². The Morgan fingerprint density at radius 2 is 1.11 bits per heavy atom. The van der Waals surface area contributed by atoms with Crippen molar-refractivity contribution in [3.05, 3.63) is 0 Å². The molecule has 37 heavy (non-hydrogen) atoms. The zero-order valence-electron chi connectivity index (χ0n) is 25.3. The van der Waals surface area contributed by atoms with Crippen molar-refractivity contribution in [2.24, 2.45) is 17.3 Å². The molecule has 2 aliphatic heterocycles. The Balaban J connectivity index is 2.53. The molecule has 0 amide bonds. The van der Waals surface area contributed by atoms with Crippen LogP contribution in [-0.4, -0.2) is 44.3 Å². The molecule has 2 fully saturated rings. The van der Waals surface area contributed by atoms with E-state index in [4.69, 9.17) is 5.11 Å². The van der Waals surface area contributed by atoms with Gasteiger partial charge in [0, 0.05) is 28.6 Å². The second-order valence-electron chi connectivity index (χ2n) is 13.9. The summed E-state index contributed by atoms with van der Waals surface area (Å²) in [6, 6.07) is 0. The lowest BCUT2D eigenvalue weighted by molar-refractivity contribution is -0.167. The molecule has 6 nitrogen and oxygen atoms in total. The highest BCUT2D eigenvalue weighted by atomic mass is 16.4. The Kier molecular flexibility index (Phi) is 10.7. The minimum absolute atomic E-state index is 0.0381. The molecule has 2 atom stereocenters. The van der Waals surface area contributed by atoms with Crippen LogP contribution in [0.3, 0.4) is 0 Å². The van der Waals surface area contributed by atoms with Crippen LogP contribution >= 0.6 is 0 Å². The van der Waals surface area contributed by atoms with Gasteiger partial charge in [-0.2, -0.15) is 0 Å². The SMILES string of the molecule is CCC1(CC)CC(C(CCCCCCC(=O)O)(C(=O)O)C2CC(C)(C)NC(CC)(CC)C2)CC(C)(C)N1. The van der Waals surface area contributed by atoms with Gasteiger partial charge in [0.15, 0.2) is 0 Å². The molecule has 0 radical (unpaired) electrons. The first-order chi connectivity index (χ1) is 17.1. The number of rotatable bonds is 14.